The van der Waals surface area contributed by atoms with Crippen LogP contribution in [0.15, 0.2) is 58.4 Å². The van der Waals surface area contributed by atoms with Crippen LogP contribution in [0.4, 0.5) is 11.5 Å². The molecule has 0 saturated heterocycles. The van der Waals surface area contributed by atoms with Gasteiger partial charge in [0, 0.05) is 34.2 Å². The van der Waals surface area contributed by atoms with Gasteiger partial charge in [0.25, 0.3) is 0 Å². The number of aliphatic hydroxyl groups excluding tert-OH is 1. The predicted molar refractivity (Wildman–Crippen MR) is 132 cm³/mol. The molecule has 0 unspecified atom stereocenters. The first-order valence-corrected chi connectivity index (χ1v) is 11.5. The van der Waals surface area contributed by atoms with E-state index in [9.17, 15) is 5.26 Å². The Kier molecular flexibility index (Phi) is 7.48. The van der Waals surface area contributed by atoms with E-state index in [0.717, 1.165) is 5.56 Å². The maximum atomic E-state index is 9.99. The summed E-state index contributed by atoms with van der Waals surface area (Å²) in [6.07, 6.45) is 2.84. The van der Waals surface area contributed by atoms with Gasteiger partial charge in [-0.15, -0.1) is 0 Å². The molecule has 174 valence electrons. The van der Waals surface area contributed by atoms with Crippen molar-refractivity contribution in [1.82, 2.24) is 15.0 Å². The van der Waals surface area contributed by atoms with E-state index < -0.39 is 0 Å². The summed E-state index contributed by atoms with van der Waals surface area (Å²) in [5.41, 5.74) is 8.71. The Labute approximate surface area is 210 Å². The van der Waals surface area contributed by atoms with Crippen molar-refractivity contribution in [3.05, 3.63) is 76.7 Å². The van der Waals surface area contributed by atoms with Crippen molar-refractivity contribution in [2.45, 2.75) is 10.8 Å². The molecule has 0 radical (unpaired) electrons. The Morgan fingerprint density at radius 1 is 1.20 bits per heavy atom. The van der Waals surface area contributed by atoms with Gasteiger partial charge in [0.15, 0.2) is 12.2 Å². The van der Waals surface area contributed by atoms with Crippen molar-refractivity contribution in [3.8, 4) is 34.4 Å². The van der Waals surface area contributed by atoms with Crippen molar-refractivity contribution < 1.29 is 14.3 Å². The molecule has 0 bridgehead atoms. The maximum absolute atomic E-state index is 9.99. The topological polar surface area (TPSA) is 135 Å². The molecular weight excluding hydrogens is 488 g/mol. The Morgan fingerprint density at radius 3 is 2.63 bits per heavy atom. The van der Waals surface area contributed by atoms with E-state index in [0.29, 0.717) is 44.3 Å². The van der Waals surface area contributed by atoms with Gasteiger partial charge in [-0.05, 0) is 35.9 Å². The van der Waals surface area contributed by atoms with Crippen LogP contribution in [0.25, 0.3) is 27.3 Å². The second kappa shape index (κ2) is 10.9. The SMILES string of the molecule is [C-]#[N+]c1c(N)nc(SCc2ncoc2-c2ccc(Cl)cc2)c(C#N)c1-c1ccc(OCCO)nc1. The number of nitrogen functional groups attached to an aromatic ring is 1. The smallest absolute Gasteiger partial charge is 0.237 e. The monoisotopic (exact) mass is 504 g/mol. The van der Waals surface area contributed by atoms with Crippen molar-refractivity contribution in [2.75, 3.05) is 18.9 Å². The molecule has 4 aromatic rings. The van der Waals surface area contributed by atoms with Gasteiger partial charge in [-0.25, -0.2) is 19.8 Å². The number of pyridine rings is 2. The number of nitrogens with zero attached hydrogens (tertiary/aromatic N) is 5. The molecule has 11 heteroatoms. The number of halogens is 1. The Morgan fingerprint density at radius 2 is 1.97 bits per heavy atom. The highest BCUT2D eigenvalue weighted by Gasteiger charge is 2.22. The summed E-state index contributed by atoms with van der Waals surface area (Å²) in [5, 5.41) is 19.9. The first-order chi connectivity index (χ1) is 17.0. The minimum absolute atomic E-state index is 0.00943. The fourth-order valence-electron chi connectivity index (χ4n) is 3.28. The Hall–Kier alpha value is -4.09. The van der Waals surface area contributed by atoms with Gasteiger partial charge in [0.05, 0.1) is 24.4 Å². The number of hydrogen-bond acceptors (Lipinski definition) is 9. The van der Waals surface area contributed by atoms with E-state index in [2.05, 4.69) is 25.9 Å². The minimum atomic E-state index is -0.142. The lowest BCUT2D eigenvalue weighted by Crippen LogP contribution is -2.03. The fraction of sp³-hybridized carbons (Fsp3) is 0.125. The highest BCUT2D eigenvalue weighted by atomic mass is 35.5. The first-order valence-electron chi connectivity index (χ1n) is 10.2. The van der Waals surface area contributed by atoms with Gasteiger partial charge in [0.2, 0.25) is 11.6 Å². The molecule has 0 aliphatic rings. The summed E-state index contributed by atoms with van der Waals surface area (Å²) in [6, 6.07) is 12.6. The van der Waals surface area contributed by atoms with E-state index in [1.54, 1.807) is 24.3 Å². The van der Waals surface area contributed by atoms with Gasteiger partial charge < -0.3 is 20.0 Å². The van der Waals surface area contributed by atoms with Crippen molar-refractivity contribution in [1.29, 1.82) is 5.26 Å². The van der Waals surface area contributed by atoms with Crippen LogP contribution >= 0.6 is 23.4 Å². The number of ether oxygens (including phenoxy) is 1. The molecule has 35 heavy (non-hydrogen) atoms. The highest BCUT2D eigenvalue weighted by Crippen LogP contribution is 2.42. The third-order valence-electron chi connectivity index (χ3n) is 4.85. The van der Waals surface area contributed by atoms with Crippen LogP contribution in [0.5, 0.6) is 5.88 Å². The largest absolute Gasteiger partial charge is 0.475 e. The molecule has 0 aliphatic carbocycles. The lowest BCUT2D eigenvalue weighted by Gasteiger charge is -2.13. The number of nitrogens with two attached hydrogens (primary N) is 1. The van der Waals surface area contributed by atoms with Gasteiger partial charge in [-0.2, -0.15) is 5.26 Å². The highest BCUT2D eigenvalue weighted by molar-refractivity contribution is 7.98. The molecule has 9 nitrogen and oxygen atoms in total. The number of aromatic nitrogens is 3. The van der Waals surface area contributed by atoms with E-state index >= 15 is 0 Å². The van der Waals surface area contributed by atoms with Crippen molar-refractivity contribution in [3.63, 3.8) is 0 Å². The van der Waals surface area contributed by atoms with Crippen LogP contribution in [0.1, 0.15) is 11.3 Å². The molecule has 3 aromatic heterocycles. The number of anilines is 1. The molecule has 0 saturated carbocycles. The van der Waals surface area contributed by atoms with Gasteiger partial charge in [-0.1, -0.05) is 23.4 Å². The van der Waals surface area contributed by atoms with Gasteiger partial charge in [-0.3, -0.25) is 0 Å². The van der Waals surface area contributed by atoms with Crippen LogP contribution in [-0.4, -0.2) is 33.3 Å². The summed E-state index contributed by atoms with van der Waals surface area (Å²) in [6.45, 7) is 7.55. The first kappa shape index (κ1) is 24.0. The summed E-state index contributed by atoms with van der Waals surface area (Å²) in [4.78, 5) is 16.3. The zero-order valence-corrected chi connectivity index (χ0v) is 19.7. The zero-order chi connectivity index (χ0) is 24.8. The number of aliphatic hydroxyl groups is 1. The molecule has 0 aliphatic heterocycles. The fourth-order valence-corrected chi connectivity index (χ4v) is 4.34. The predicted octanol–water partition coefficient (Wildman–Crippen LogP) is 5.12. The zero-order valence-electron chi connectivity index (χ0n) is 18.1. The molecule has 4 rings (SSSR count). The third kappa shape index (κ3) is 5.20. The normalized spacial score (nSPS) is 10.5. The van der Waals surface area contributed by atoms with Crippen LogP contribution in [-0.2, 0) is 5.75 Å². The second-order valence-corrected chi connectivity index (χ2v) is 8.41. The van der Waals surface area contributed by atoms with Crippen molar-refractivity contribution >= 4 is 34.9 Å². The standard InChI is InChI=1S/C24H17ClN6O3S/c1-28-21-20(15-4-7-19(29-11-15)33-9-8-32)17(10-26)24(31-23(21)27)35-12-18-22(34-13-30-18)14-2-5-16(25)6-3-14/h2-7,11,13,32H,8-9,12H2,(H2,27,31). The average molecular weight is 505 g/mol. The number of hydrogen-bond donors (Lipinski definition) is 2. The Bertz CT molecular complexity index is 1430. The number of benzene rings is 1. The van der Waals surface area contributed by atoms with E-state index in [4.69, 9.17) is 38.2 Å². The van der Waals surface area contributed by atoms with Gasteiger partial charge in [0.1, 0.15) is 23.5 Å². The number of oxazole rings is 1. The number of thioether (sulfide) groups is 1. The van der Waals surface area contributed by atoms with Gasteiger partial charge >= 0.3 is 0 Å². The lowest BCUT2D eigenvalue weighted by molar-refractivity contribution is 0.196. The van der Waals surface area contributed by atoms with E-state index in [1.807, 2.05) is 12.1 Å². The molecule has 0 fully saturated rings. The van der Waals surface area contributed by atoms with E-state index in [1.165, 1.54) is 24.4 Å². The van der Waals surface area contributed by atoms with Crippen LogP contribution < -0.4 is 10.5 Å². The lowest BCUT2D eigenvalue weighted by atomic mass is 10.0. The molecule has 3 heterocycles. The molecule has 0 spiro atoms. The molecule has 1 aromatic carbocycles. The molecule has 3 N–H and O–H groups in total. The molecule has 0 atom stereocenters. The average Bonchev–Trinajstić information content (AvgIpc) is 3.35. The summed E-state index contributed by atoms with van der Waals surface area (Å²) in [7, 11) is 0. The number of rotatable bonds is 8. The second-order valence-electron chi connectivity index (χ2n) is 7.01. The Balaban J connectivity index is 1.68. The summed E-state index contributed by atoms with van der Waals surface area (Å²) >= 11 is 7.24. The molecular formula is C24H17ClN6O3S. The summed E-state index contributed by atoms with van der Waals surface area (Å²) < 4.78 is 10.9. The van der Waals surface area contributed by atoms with Crippen molar-refractivity contribution in [2.24, 2.45) is 0 Å². The van der Waals surface area contributed by atoms with Crippen LogP contribution in [0.2, 0.25) is 5.02 Å². The maximum Gasteiger partial charge on any atom is 0.237 e. The number of nitriles is 1. The molecule has 0 amide bonds. The quantitative estimate of drug-likeness (QED) is 0.247. The van der Waals surface area contributed by atoms with Crippen LogP contribution in [0.3, 0.4) is 0 Å². The van der Waals surface area contributed by atoms with E-state index in [-0.39, 0.29) is 30.3 Å². The summed E-state index contributed by atoms with van der Waals surface area (Å²) in [5.74, 6) is 1.25. The third-order valence-corrected chi connectivity index (χ3v) is 6.09. The minimum Gasteiger partial charge on any atom is -0.475 e. The van der Waals surface area contributed by atoms with Crippen LogP contribution in [0, 0.1) is 17.9 Å².